The highest BCUT2D eigenvalue weighted by atomic mass is 16.5. The molecule has 0 amide bonds. The van der Waals surface area contributed by atoms with Crippen LogP contribution in [-0.2, 0) is 9.53 Å². The Morgan fingerprint density at radius 2 is 0.920 bits per heavy atom. The summed E-state index contributed by atoms with van der Waals surface area (Å²) >= 11 is 0. The quantitative estimate of drug-likeness (QED) is 0.0374. The summed E-state index contributed by atoms with van der Waals surface area (Å²) in [7, 11) is 2.15. The van der Waals surface area contributed by atoms with Crippen LogP contribution in [0.25, 0.3) is 0 Å². The maximum absolute atomic E-state index is 12.5. The van der Waals surface area contributed by atoms with Gasteiger partial charge in [0.25, 0.3) is 0 Å². The molecule has 1 aliphatic heterocycles. The summed E-state index contributed by atoms with van der Waals surface area (Å²) in [4.78, 5) is 19.6. The topological polar surface area (TPSA) is 36.0 Å². The van der Waals surface area contributed by atoms with Crippen molar-refractivity contribution in [2.45, 2.75) is 168 Å². The minimum atomic E-state index is -0.0584. The molecule has 0 radical (unpaired) electrons. The third kappa shape index (κ3) is 32.2. The monoisotopic (exact) mass is 698 g/mol. The lowest BCUT2D eigenvalue weighted by molar-refractivity contribution is -0.145. The molecule has 0 saturated carbocycles. The highest BCUT2D eigenvalue weighted by Crippen LogP contribution is 2.12. The molecule has 1 heterocycles. The van der Waals surface area contributed by atoms with Gasteiger partial charge in [0.15, 0.2) is 0 Å². The Balaban J connectivity index is 2.19. The maximum atomic E-state index is 12.5. The fourth-order valence-corrected chi connectivity index (χ4v) is 6.51. The first-order chi connectivity index (χ1) is 24.7. The molecule has 0 bridgehead atoms. The fraction of sp³-hybridized carbons (Fsp3) is 0.800. The van der Waals surface area contributed by atoms with Crippen LogP contribution in [0.15, 0.2) is 48.6 Å². The van der Waals surface area contributed by atoms with Gasteiger partial charge in [0, 0.05) is 32.7 Å². The Kier molecular flexibility index (Phi) is 34.4. The number of allylic oxidation sites excluding steroid dienone is 8. The molecule has 5 nitrogen and oxygen atoms in total. The molecule has 0 aromatic carbocycles. The third-order valence-corrected chi connectivity index (χ3v) is 9.97. The van der Waals surface area contributed by atoms with Gasteiger partial charge in [-0.3, -0.25) is 14.6 Å². The van der Waals surface area contributed by atoms with E-state index in [1.807, 2.05) is 0 Å². The first-order valence-electron chi connectivity index (χ1n) is 21.5. The van der Waals surface area contributed by atoms with E-state index in [4.69, 9.17) is 4.74 Å². The van der Waals surface area contributed by atoms with Crippen molar-refractivity contribution in [2.24, 2.45) is 0 Å². The van der Waals surface area contributed by atoms with Crippen LogP contribution in [0.2, 0.25) is 0 Å². The standard InChI is InChI=1S/C45H83N3O2/c1-4-6-8-10-12-14-16-18-20-22-24-26-28-30-32-34-36-47(42-43-50-45(49)44-48-40-38-46(3)39-41-48)37-35-33-31-29-27-25-23-21-19-17-15-13-11-9-7-5-2/h12-15,18-21H,4-11,16-17,22-44H2,1-3H3/b14-12-,15-13-,20-18-,21-19-. The van der Waals surface area contributed by atoms with Crippen LogP contribution < -0.4 is 0 Å². The second kappa shape index (κ2) is 37.1. The Morgan fingerprint density at radius 1 is 0.520 bits per heavy atom. The van der Waals surface area contributed by atoms with Gasteiger partial charge in [0.05, 0.1) is 6.54 Å². The van der Waals surface area contributed by atoms with Crippen LogP contribution in [0.1, 0.15) is 168 Å². The normalized spacial score (nSPS) is 14.9. The second-order valence-corrected chi connectivity index (χ2v) is 14.8. The molecule has 50 heavy (non-hydrogen) atoms. The summed E-state index contributed by atoms with van der Waals surface area (Å²) in [5.74, 6) is -0.0584. The Labute approximate surface area is 312 Å². The molecular formula is C45H83N3O2. The number of carbonyl (C=O) groups excluding carboxylic acids is 1. The second-order valence-electron chi connectivity index (χ2n) is 14.8. The lowest BCUT2D eigenvalue weighted by Crippen LogP contribution is -2.46. The van der Waals surface area contributed by atoms with Gasteiger partial charge < -0.3 is 9.64 Å². The van der Waals surface area contributed by atoms with Gasteiger partial charge in [0.2, 0.25) is 0 Å². The van der Waals surface area contributed by atoms with Crippen molar-refractivity contribution < 1.29 is 9.53 Å². The van der Waals surface area contributed by atoms with Crippen molar-refractivity contribution in [3.05, 3.63) is 48.6 Å². The van der Waals surface area contributed by atoms with Gasteiger partial charge in [-0.05, 0) is 97.2 Å². The van der Waals surface area contributed by atoms with Gasteiger partial charge in [-0.1, -0.05) is 140 Å². The van der Waals surface area contributed by atoms with Crippen LogP contribution >= 0.6 is 0 Å². The van der Waals surface area contributed by atoms with E-state index in [2.05, 4.69) is 84.2 Å². The summed E-state index contributed by atoms with van der Waals surface area (Å²) < 4.78 is 5.71. The highest BCUT2D eigenvalue weighted by Gasteiger charge is 2.17. The third-order valence-electron chi connectivity index (χ3n) is 9.97. The minimum absolute atomic E-state index is 0.0584. The maximum Gasteiger partial charge on any atom is 0.320 e. The average molecular weight is 698 g/mol. The molecule has 0 N–H and O–H groups in total. The molecule has 0 spiro atoms. The van der Waals surface area contributed by atoms with Gasteiger partial charge >= 0.3 is 5.97 Å². The Hall–Kier alpha value is -1.69. The molecular weight excluding hydrogens is 615 g/mol. The van der Waals surface area contributed by atoms with E-state index in [9.17, 15) is 4.79 Å². The number of esters is 1. The highest BCUT2D eigenvalue weighted by molar-refractivity contribution is 5.71. The SMILES string of the molecule is CCCCC/C=C\C/C=C\CCCCCCCCN(CCCCCCCC/C=C\C/C=C\CCCCC)CCOC(=O)CN1CCN(C)CC1. The van der Waals surface area contributed by atoms with Crippen molar-refractivity contribution >= 4 is 5.97 Å². The Morgan fingerprint density at radius 3 is 1.36 bits per heavy atom. The molecule has 0 aromatic heterocycles. The molecule has 1 aliphatic rings. The number of hydrogen-bond donors (Lipinski definition) is 0. The van der Waals surface area contributed by atoms with E-state index in [-0.39, 0.29) is 5.97 Å². The summed E-state index contributed by atoms with van der Waals surface area (Å²) in [6.45, 7) is 12.6. The number of unbranched alkanes of at least 4 members (excludes halogenated alkanes) is 18. The number of likely N-dealkylation sites (N-methyl/N-ethyl adjacent to an activating group) is 1. The summed E-state index contributed by atoms with van der Waals surface area (Å²) in [5, 5.41) is 0. The van der Waals surface area contributed by atoms with Crippen molar-refractivity contribution in [3.8, 4) is 0 Å². The average Bonchev–Trinajstić information content (AvgIpc) is 3.12. The van der Waals surface area contributed by atoms with E-state index in [0.29, 0.717) is 13.2 Å². The number of ether oxygens (including phenoxy) is 1. The molecule has 0 aromatic rings. The van der Waals surface area contributed by atoms with E-state index in [1.54, 1.807) is 0 Å². The van der Waals surface area contributed by atoms with E-state index in [1.165, 1.54) is 141 Å². The minimum Gasteiger partial charge on any atom is -0.463 e. The van der Waals surface area contributed by atoms with Crippen LogP contribution in [0.5, 0.6) is 0 Å². The molecule has 1 rings (SSSR count). The van der Waals surface area contributed by atoms with Crippen molar-refractivity contribution in [1.29, 1.82) is 0 Å². The molecule has 0 unspecified atom stereocenters. The van der Waals surface area contributed by atoms with Gasteiger partial charge in [-0.25, -0.2) is 0 Å². The summed E-state index contributed by atoms with van der Waals surface area (Å²) in [5.41, 5.74) is 0. The van der Waals surface area contributed by atoms with Crippen LogP contribution in [-0.4, -0.2) is 86.7 Å². The van der Waals surface area contributed by atoms with Crippen molar-refractivity contribution in [1.82, 2.24) is 14.7 Å². The van der Waals surface area contributed by atoms with Crippen molar-refractivity contribution in [3.63, 3.8) is 0 Å². The molecule has 5 heteroatoms. The number of piperazine rings is 1. The predicted octanol–water partition coefficient (Wildman–Crippen LogP) is 11.7. The zero-order chi connectivity index (χ0) is 36.0. The zero-order valence-electron chi connectivity index (χ0n) is 33.6. The van der Waals surface area contributed by atoms with Crippen LogP contribution in [0.3, 0.4) is 0 Å². The van der Waals surface area contributed by atoms with E-state index < -0.39 is 0 Å². The summed E-state index contributed by atoms with van der Waals surface area (Å²) in [6, 6.07) is 0. The smallest absolute Gasteiger partial charge is 0.320 e. The number of rotatable bonds is 35. The molecule has 1 fully saturated rings. The number of nitrogens with zero attached hydrogens (tertiary/aromatic N) is 3. The molecule has 290 valence electrons. The first kappa shape index (κ1) is 46.3. The van der Waals surface area contributed by atoms with Crippen LogP contribution in [0.4, 0.5) is 0 Å². The van der Waals surface area contributed by atoms with Gasteiger partial charge in [-0.2, -0.15) is 0 Å². The lowest BCUT2D eigenvalue weighted by atomic mass is 10.1. The van der Waals surface area contributed by atoms with E-state index in [0.717, 1.165) is 58.7 Å². The van der Waals surface area contributed by atoms with Gasteiger partial charge in [-0.15, -0.1) is 0 Å². The predicted molar refractivity (Wildman–Crippen MR) is 220 cm³/mol. The number of carbonyl (C=O) groups is 1. The lowest BCUT2D eigenvalue weighted by Gasteiger charge is -2.31. The molecule has 0 aliphatic carbocycles. The fourth-order valence-electron chi connectivity index (χ4n) is 6.51. The van der Waals surface area contributed by atoms with Crippen molar-refractivity contribution in [2.75, 3.05) is 66.0 Å². The van der Waals surface area contributed by atoms with Crippen LogP contribution in [0, 0.1) is 0 Å². The molecule has 0 atom stereocenters. The summed E-state index contributed by atoms with van der Waals surface area (Å²) in [6.07, 6.45) is 49.7. The first-order valence-corrected chi connectivity index (χ1v) is 21.5. The Bertz CT molecular complexity index is 795. The zero-order valence-corrected chi connectivity index (χ0v) is 33.6. The number of hydrogen-bond acceptors (Lipinski definition) is 5. The van der Waals surface area contributed by atoms with E-state index >= 15 is 0 Å². The molecule has 1 saturated heterocycles. The van der Waals surface area contributed by atoms with Gasteiger partial charge in [0.1, 0.15) is 6.61 Å². The largest absolute Gasteiger partial charge is 0.463 e.